The first kappa shape index (κ1) is 14.9. The van der Waals surface area contributed by atoms with Crippen LogP contribution < -0.4 is 15.4 Å². The second-order valence-electron chi connectivity index (χ2n) is 5.43. The van der Waals surface area contributed by atoms with Crippen LogP contribution in [-0.2, 0) is 11.2 Å². The second-order valence-corrected chi connectivity index (χ2v) is 5.43. The van der Waals surface area contributed by atoms with Gasteiger partial charge in [0.2, 0.25) is 0 Å². The Morgan fingerprint density at radius 3 is 2.80 bits per heavy atom. The molecule has 1 fully saturated rings. The molecule has 2 N–H and O–H groups in total. The van der Waals surface area contributed by atoms with Crippen LogP contribution in [0.5, 0.6) is 5.75 Å². The molecule has 0 spiro atoms. The van der Waals surface area contributed by atoms with E-state index in [0.29, 0.717) is 6.04 Å². The number of benzene rings is 1. The van der Waals surface area contributed by atoms with Crippen molar-refractivity contribution in [2.75, 3.05) is 13.6 Å². The van der Waals surface area contributed by atoms with Gasteiger partial charge in [-0.15, -0.1) is 0 Å². The quantitative estimate of drug-likeness (QED) is 0.863. The van der Waals surface area contributed by atoms with Crippen molar-refractivity contribution in [1.29, 1.82) is 0 Å². The van der Waals surface area contributed by atoms with E-state index >= 15 is 0 Å². The highest BCUT2D eigenvalue weighted by molar-refractivity contribution is 5.81. The van der Waals surface area contributed by atoms with E-state index in [1.165, 1.54) is 5.56 Å². The number of amides is 1. The lowest BCUT2D eigenvalue weighted by molar-refractivity contribution is -0.127. The van der Waals surface area contributed by atoms with Gasteiger partial charge in [-0.05, 0) is 57.4 Å². The minimum absolute atomic E-state index is 0.00961. The molecule has 0 bridgehead atoms. The molecule has 1 aromatic carbocycles. The van der Waals surface area contributed by atoms with E-state index in [2.05, 4.69) is 29.7 Å². The largest absolute Gasteiger partial charge is 0.481 e. The first-order chi connectivity index (χ1) is 9.69. The SMILES string of the molecule is CNC(C)Cc1ccc(OC2CCCCNC2=O)cc1. The number of hydrogen-bond acceptors (Lipinski definition) is 3. The summed E-state index contributed by atoms with van der Waals surface area (Å²) in [6.45, 7) is 2.92. The fraction of sp³-hybridized carbons (Fsp3) is 0.562. The molecule has 4 heteroatoms. The van der Waals surface area contributed by atoms with Crippen LogP contribution in [0, 0.1) is 0 Å². The summed E-state index contributed by atoms with van der Waals surface area (Å²) < 4.78 is 5.81. The summed E-state index contributed by atoms with van der Waals surface area (Å²) in [5.41, 5.74) is 1.27. The van der Waals surface area contributed by atoms with Gasteiger partial charge in [-0.25, -0.2) is 0 Å². The van der Waals surface area contributed by atoms with E-state index in [1.54, 1.807) is 0 Å². The topological polar surface area (TPSA) is 50.4 Å². The molecule has 0 radical (unpaired) electrons. The first-order valence-corrected chi connectivity index (χ1v) is 7.39. The molecule has 2 rings (SSSR count). The van der Waals surface area contributed by atoms with Gasteiger partial charge in [-0.3, -0.25) is 4.79 Å². The Morgan fingerprint density at radius 1 is 1.35 bits per heavy atom. The van der Waals surface area contributed by atoms with Crippen molar-refractivity contribution in [3.05, 3.63) is 29.8 Å². The number of nitrogens with one attached hydrogen (secondary N) is 2. The van der Waals surface area contributed by atoms with Crippen molar-refractivity contribution in [1.82, 2.24) is 10.6 Å². The van der Waals surface area contributed by atoms with Gasteiger partial charge in [0.15, 0.2) is 6.10 Å². The Bertz CT molecular complexity index is 431. The fourth-order valence-corrected chi connectivity index (χ4v) is 2.35. The predicted molar refractivity (Wildman–Crippen MR) is 79.9 cm³/mol. The van der Waals surface area contributed by atoms with E-state index in [9.17, 15) is 4.79 Å². The maximum absolute atomic E-state index is 11.8. The molecule has 1 amide bonds. The van der Waals surface area contributed by atoms with Crippen LogP contribution in [0.1, 0.15) is 31.7 Å². The fourth-order valence-electron chi connectivity index (χ4n) is 2.35. The lowest BCUT2D eigenvalue weighted by Gasteiger charge is -2.16. The molecule has 0 saturated carbocycles. The lowest BCUT2D eigenvalue weighted by atomic mass is 10.1. The summed E-state index contributed by atoms with van der Waals surface area (Å²) in [5, 5.41) is 6.11. The molecule has 4 nitrogen and oxygen atoms in total. The number of carbonyl (C=O) groups excluding carboxylic acids is 1. The molecular formula is C16H24N2O2. The maximum Gasteiger partial charge on any atom is 0.261 e. The van der Waals surface area contributed by atoms with Crippen molar-refractivity contribution < 1.29 is 9.53 Å². The van der Waals surface area contributed by atoms with Gasteiger partial charge in [0.1, 0.15) is 5.75 Å². The van der Waals surface area contributed by atoms with Gasteiger partial charge in [0.25, 0.3) is 5.91 Å². The molecular weight excluding hydrogens is 252 g/mol. The minimum atomic E-state index is -0.348. The monoisotopic (exact) mass is 276 g/mol. The molecule has 1 heterocycles. The number of likely N-dealkylation sites (N-methyl/N-ethyl adjacent to an activating group) is 1. The molecule has 1 aliphatic rings. The summed E-state index contributed by atoms with van der Waals surface area (Å²) in [7, 11) is 1.97. The van der Waals surface area contributed by atoms with Gasteiger partial charge in [0, 0.05) is 12.6 Å². The molecule has 1 aliphatic heterocycles. The Kier molecular flexibility index (Phi) is 5.41. The van der Waals surface area contributed by atoms with Crippen LogP contribution in [0.15, 0.2) is 24.3 Å². The summed E-state index contributed by atoms with van der Waals surface area (Å²) >= 11 is 0. The van der Waals surface area contributed by atoms with Crippen molar-refractivity contribution in [3.63, 3.8) is 0 Å². The van der Waals surface area contributed by atoms with Gasteiger partial charge >= 0.3 is 0 Å². The van der Waals surface area contributed by atoms with Gasteiger partial charge in [0.05, 0.1) is 0 Å². The number of rotatable bonds is 5. The first-order valence-electron chi connectivity index (χ1n) is 7.39. The zero-order valence-corrected chi connectivity index (χ0v) is 12.3. The number of hydrogen-bond donors (Lipinski definition) is 2. The van der Waals surface area contributed by atoms with Crippen molar-refractivity contribution in [2.24, 2.45) is 0 Å². The Hall–Kier alpha value is -1.55. The van der Waals surface area contributed by atoms with E-state index in [1.807, 2.05) is 19.2 Å². The number of carbonyl (C=O) groups is 1. The third kappa shape index (κ3) is 4.23. The second kappa shape index (κ2) is 7.29. The zero-order chi connectivity index (χ0) is 14.4. The smallest absolute Gasteiger partial charge is 0.261 e. The van der Waals surface area contributed by atoms with E-state index in [-0.39, 0.29) is 12.0 Å². The Labute approximate surface area is 120 Å². The van der Waals surface area contributed by atoms with Crippen LogP contribution >= 0.6 is 0 Å². The van der Waals surface area contributed by atoms with Crippen LogP contribution in [0.2, 0.25) is 0 Å². The predicted octanol–water partition coefficient (Wildman–Crippen LogP) is 1.88. The van der Waals surface area contributed by atoms with Crippen LogP contribution in [0.25, 0.3) is 0 Å². The molecule has 0 aromatic heterocycles. The van der Waals surface area contributed by atoms with Gasteiger partial charge in [-0.1, -0.05) is 12.1 Å². The summed E-state index contributed by atoms with van der Waals surface area (Å²) in [5.74, 6) is 0.781. The highest BCUT2D eigenvalue weighted by Gasteiger charge is 2.22. The third-order valence-electron chi connectivity index (χ3n) is 3.72. The van der Waals surface area contributed by atoms with Gasteiger partial charge < -0.3 is 15.4 Å². The Morgan fingerprint density at radius 2 is 2.10 bits per heavy atom. The minimum Gasteiger partial charge on any atom is -0.481 e. The molecule has 2 atom stereocenters. The standard InChI is InChI=1S/C16H24N2O2/c1-12(17-2)11-13-6-8-14(9-7-13)20-15-5-3-4-10-18-16(15)19/h6-9,12,15,17H,3-5,10-11H2,1-2H3,(H,18,19). The normalized spacial score (nSPS) is 20.9. The van der Waals surface area contributed by atoms with E-state index in [4.69, 9.17) is 4.74 Å². The van der Waals surface area contributed by atoms with Crippen molar-refractivity contribution >= 4 is 5.91 Å². The van der Waals surface area contributed by atoms with E-state index < -0.39 is 0 Å². The van der Waals surface area contributed by atoms with Crippen LogP contribution in [0.4, 0.5) is 0 Å². The summed E-state index contributed by atoms with van der Waals surface area (Å²) in [4.78, 5) is 11.8. The lowest BCUT2D eigenvalue weighted by Crippen LogP contribution is -2.36. The highest BCUT2D eigenvalue weighted by atomic mass is 16.5. The van der Waals surface area contributed by atoms with Crippen LogP contribution in [0.3, 0.4) is 0 Å². The summed E-state index contributed by atoms with van der Waals surface area (Å²) in [6, 6.07) is 8.50. The highest BCUT2D eigenvalue weighted by Crippen LogP contribution is 2.18. The average Bonchev–Trinajstić information content (AvgIpc) is 2.66. The van der Waals surface area contributed by atoms with Crippen molar-refractivity contribution in [3.8, 4) is 5.75 Å². The van der Waals surface area contributed by atoms with Gasteiger partial charge in [-0.2, -0.15) is 0 Å². The molecule has 1 saturated heterocycles. The summed E-state index contributed by atoms with van der Waals surface area (Å²) in [6.07, 6.45) is 3.50. The maximum atomic E-state index is 11.8. The zero-order valence-electron chi connectivity index (χ0n) is 12.3. The van der Waals surface area contributed by atoms with E-state index in [0.717, 1.165) is 38.0 Å². The van der Waals surface area contributed by atoms with Crippen molar-refractivity contribution in [2.45, 2.75) is 44.8 Å². The number of ether oxygens (including phenoxy) is 1. The Balaban J connectivity index is 1.94. The average molecular weight is 276 g/mol. The molecule has 110 valence electrons. The van der Waals surface area contributed by atoms with Crippen LogP contribution in [-0.4, -0.2) is 31.6 Å². The third-order valence-corrected chi connectivity index (χ3v) is 3.72. The molecule has 0 aliphatic carbocycles. The molecule has 1 aromatic rings. The molecule has 20 heavy (non-hydrogen) atoms. The molecule has 2 unspecified atom stereocenters.